The van der Waals surface area contributed by atoms with E-state index < -0.39 is 0 Å². The fourth-order valence-corrected chi connectivity index (χ4v) is 3.62. The van der Waals surface area contributed by atoms with Gasteiger partial charge in [-0.3, -0.25) is 9.69 Å². The third-order valence-electron chi connectivity index (χ3n) is 5.18. The first-order valence-corrected chi connectivity index (χ1v) is 10.4. The molecule has 30 heavy (non-hydrogen) atoms. The number of nitrogens with zero attached hydrogens (tertiary/aromatic N) is 1. The first kappa shape index (κ1) is 21.7. The first-order valence-electron chi connectivity index (χ1n) is 10.4. The Bertz CT molecular complexity index is 846. The van der Waals surface area contributed by atoms with E-state index in [2.05, 4.69) is 36.2 Å². The van der Waals surface area contributed by atoms with Gasteiger partial charge in [0.1, 0.15) is 13.2 Å². The monoisotopic (exact) mass is 410 g/mol. The van der Waals surface area contributed by atoms with Crippen molar-refractivity contribution in [2.75, 3.05) is 40.0 Å². The van der Waals surface area contributed by atoms with E-state index >= 15 is 0 Å². The quantitative estimate of drug-likeness (QED) is 0.639. The van der Waals surface area contributed by atoms with E-state index in [0.29, 0.717) is 37.0 Å². The van der Waals surface area contributed by atoms with E-state index in [9.17, 15) is 4.79 Å². The molecule has 2 aromatic carbocycles. The lowest BCUT2D eigenvalue weighted by atomic mass is 10.1. The summed E-state index contributed by atoms with van der Waals surface area (Å²) in [6.45, 7) is 7.63. The van der Waals surface area contributed by atoms with Crippen LogP contribution in [0, 0.1) is 0 Å². The second-order valence-electron chi connectivity index (χ2n) is 6.97. The van der Waals surface area contributed by atoms with Gasteiger partial charge in [0, 0.05) is 12.6 Å². The molecule has 160 valence electrons. The van der Waals surface area contributed by atoms with Crippen molar-refractivity contribution in [2.45, 2.75) is 19.9 Å². The van der Waals surface area contributed by atoms with Crippen LogP contribution in [0.25, 0.3) is 6.08 Å². The highest BCUT2D eigenvalue weighted by molar-refractivity contribution is 5.92. The van der Waals surface area contributed by atoms with Crippen molar-refractivity contribution in [3.8, 4) is 17.2 Å². The molecule has 6 heteroatoms. The van der Waals surface area contributed by atoms with E-state index in [1.807, 2.05) is 30.3 Å². The maximum Gasteiger partial charge on any atom is 0.244 e. The minimum absolute atomic E-state index is 0.132. The van der Waals surface area contributed by atoms with Gasteiger partial charge in [0.2, 0.25) is 11.7 Å². The molecule has 1 atom stereocenters. The smallest absolute Gasteiger partial charge is 0.244 e. The molecule has 1 heterocycles. The van der Waals surface area contributed by atoms with Gasteiger partial charge in [-0.05, 0) is 42.4 Å². The summed E-state index contributed by atoms with van der Waals surface area (Å²) in [5, 5.41) is 3.04. The molecule has 0 saturated heterocycles. The number of likely N-dealkylation sites (N-methyl/N-ethyl adjacent to an activating group) is 1. The van der Waals surface area contributed by atoms with Gasteiger partial charge in [-0.25, -0.2) is 0 Å². The molecule has 0 saturated carbocycles. The molecule has 2 aromatic rings. The zero-order chi connectivity index (χ0) is 21.3. The van der Waals surface area contributed by atoms with Crippen molar-refractivity contribution >= 4 is 12.0 Å². The summed E-state index contributed by atoms with van der Waals surface area (Å²) < 4.78 is 16.7. The topological polar surface area (TPSA) is 60.0 Å². The number of hydrogen-bond donors (Lipinski definition) is 1. The van der Waals surface area contributed by atoms with Crippen LogP contribution >= 0.6 is 0 Å². The Morgan fingerprint density at radius 2 is 1.90 bits per heavy atom. The van der Waals surface area contributed by atoms with Crippen LogP contribution in [0.1, 0.15) is 31.0 Å². The summed E-state index contributed by atoms with van der Waals surface area (Å²) in [4.78, 5) is 14.8. The van der Waals surface area contributed by atoms with Crippen LogP contribution in [-0.4, -0.2) is 50.8 Å². The number of amides is 1. The van der Waals surface area contributed by atoms with Crippen molar-refractivity contribution < 1.29 is 19.0 Å². The van der Waals surface area contributed by atoms with Gasteiger partial charge in [-0.2, -0.15) is 0 Å². The van der Waals surface area contributed by atoms with E-state index in [-0.39, 0.29) is 11.9 Å². The van der Waals surface area contributed by atoms with E-state index in [0.717, 1.165) is 18.7 Å². The molecule has 0 aromatic heterocycles. The molecule has 0 spiro atoms. The fraction of sp³-hybridized carbons (Fsp3) is 0.375. The minimum atomic E-state index is -0.142. The summed E-state index contributed by atoms with van der Waals surface area (Å²) in [6.07, 6.45) is 3.29. The van der Waals surface area contributed by atoms with Gasteiger partial charge >= 0.3 is 0 Å². The van der Waals surface area contributed by atoms with Crippen LogP contribution in [-0.2, 0) is 4.79 Å². The molecule has 0 radical (unpaired) electrons. The van der Waals surface area contributed by atoms with E-state index in [1.165, 1.54) is 11.6 Å². The third kappa shape index (κ3) is 5.33. The number of benzene rings is 2. The Hall–Kier alpha value is -2.99. The lowest BCUT2D eigenvalue weighted by molar-refractivity contribution is -0.116. The molecule has 0 fully saturated rings. The largest absolute Gasteiger partial charge is 0.493 e. The van der Waals surface area contributed by atoms with Gasteiger partial charge in [0.05, 0.1) is 13.2 Å². The molecule has 0 bridgehead atoms. The molecule has 3 rings (SSSR count). The van der Waals surface area contributed by atoms with Crippen LogP contribution in [0.5, 0.6) is 17.2 Å². The third-order valence-corrected chi connectivity index (χ3v) is 5.18. The van der Waals surface area contributed by atoms with Crippen molar-refractivity contribution in [3.63, 3.8) is 0 Å². The number of carbonyl (C=O) groups excluding carboxylic acids is 1. The van der Waals surface area contributed by atoms with Gasteiger partial charge < -0.3 is 19.5 Å². The Labute approximate surface area is 178 Å². The van der Waals surface area contributed by atoms with Gasteiger partial charge in [-0.15, -0.1) is 0 Å². The zero-order valence-electron chi connectivity index (χ0n) is 17.9. The number of ether oxygens (including phenoxy) is 3. The number of fused-ring (bicyclic) bond motifs is 1. The fourth-order valence-electron chi connectivity index (χ4n) is 3.62. The van der Waals surface area contributed by atoms with Crippen LogP contribution in [0.4, 0.5) is 0 Å². The normalized spacial score (nSPS) is 14.0. The van der Waals surface area contributed by atoms with Gasteiger partial charge in [-0.1, -0.05) is 44.2 Å². The van der Waals surface area contributed by atoms with Gasteiger partial charge in [0.25, 0.3) is 0 Å². The van der Waals surface area contributed by atoms with Crippen molar-refractivity contribution in [1.29, 1.82) is 0 Å². The number of carbonyl (C=O) groups is 1. The molecule has 6 nitrogen and oxygen atoms in total. The molecular weight excluding hydrogens is 380 g/mol. The minimum Gasteiger partial charge on any atom is -0.493 e. The predicted octanol–water partition coefficient (Wildman–Crippen LogP) is 3.68. The summed E-state index contributed by atoms with van der Waals surface area (Å²) in [5.41, 5.74) is 2.01. The van der Waals surface area contributed by atoms with Crippen molar-refractivity contribution in [3.05, 3.63) is 59.7 Å². The maximum atomic E-state index is 12.5. The molecular formula is C24H30N2O4. The Balaban J connectivity index is 1.67. The summed E-state index contributed by atoms with van der Waals surface area (Å²) >= 11 is 0. The Kier molecular flexibility index (Phi) is 7.74. The highest BCUT2D eigenvalue weighted by Crippen LogP contribution is 2.40. The number of rotatable bonds is 9. The number of nitrogens with one attached hydrogen (secondary N) is 1. The predicted molar refractivity (Wildman–Crippen MR) is 118 cm³/mol. The average molecular weight is 411 g/mol. The van der Waals surface area contributed by atoms with Crippen molar-refractivity contribution in [2.24, 2.45) is 0 Å². The summed E-state index contributed by atoms with van der Waals surface area (Å²) in [7, 11) is 1.59. The number of methoxy groups -OCH3 is 1. The second kappa shape index (κ2) is 10.7. The van der Waals surface area contributed by atoms with E-state index in [1.54, 1.807) is 13.2 Å². The van der Waals surface area contributed by atoms with Crippen molar-refractivity contribution in [1.82, 2.24) is 10.2 Å². The Morgan fingerprint density at radius 3 is 2.60 bits per heavy atom. The molecule has 1 aliphatic heterocycles. The van der Waals surface area contributed by atoms with E-state index in [4.69, 9.17) is 14.2 Å². The van der Waals surface area contributed by atoms with Gasteiger partial charge in [0.15, 0.2) is 11.5 Å². The zero-order valence-corrected chi connectivity index (χ0v) is 17.9. The molecule has 1 unspecified atom stereocenters. The van der Waals surface area contributed by atoms with Crippen LogP contribution in [0.15, 0.2) is 48.5 Å². The van der Waals surface area contributed by atoms with Crippen LogP contribution in [0.2, 0.25) is 0 Å². The average Bonchev–Trinajstić information content (AvgIpc) is 2.80. The molecule has 0 aliphatic carbocycles. The highest BCUT2D eigenvalue weighted by atomic mass is 16.6. The lowest BCUT2D eigenvalue weighted by Crippen LogP contribution is -2.37. The highest BCUT2D eigenvalue weighted by Gasteiger charge is 2.19. The Morgan fingerprint density at radius 1 is 1.17 bits per heavy atom. The number of hydrogen-bond acceptors (Lipinski definition) is 5. The summed E-state index contributed by atoms with van der Waals surface area (Å²) in [6, 6.07) is 14.1. The molecule has 1 amide bonds. The molecule has 1 N–H and O–H groups in total. The maximum absolute atomic E-state index is 12.5. The first-order chi connectivity index (χ1) is 14.7. The molecule has 1 aliphatic rings. The second-order valence-corrected chi connectivity index (χ2v) is 6.97. The van der Waals surface area contributed by atoms with Crippen LogP contribution in [0.3, 0.4) is 0 Å². The van der Waals surface area contributed by atoms with Crippen LogP contribution < -0.4 is 19.5 Å². The standard InChI is InChI=1S/C24H30N2O4/c1-4-26(5-2)20(19-9-7-6-8-10-19)17-25-23(27)12-11-18-15-21(28-3)24-22(16-18)29-13-14-30-24/h6-12,15-16,20H,4-5,13-14,17H2,1-3H3,(H,25,27). The summed E-state index contributed by atoms with van der Waals surface area (Å²) in [5.74, 6) is 1.69. The SMILES string of the molecule is CCN(CC)C(CNC(=O)C=Cc1cc(OC)c2c(c1)OCCO2)c1ccccc1. The lowest BCUT2D eigenvalue weighted by Gasteiger charge is -2.30.